The van der Waals surface area contributed by atoms with Gasteiger partial charge in [0, 0.05) is 33.0 Å². The first-order chi connectivity index (χ1) is 8.13. The molecule has 0 saturated heterocycles. The number of nitrogen functional groups attached to an aromatic ring is 1. The summed E-state index contributed by atoms with van der Waals surface area (Å²) in [6.45, 7) is 1.40. The highest BCUT2D eigenvalue weighted by Gasteiger charge is 2.08. The largest absolute Gasteiger partial charge is 0.399 e. The summed E-state index contributed by atoms with van der Waals surface area (Å²) in [6.07, 6.45) is 1.28. The van der Waals surface area contributed by atoms with Gasteiger partial charge in [-0.1, -0.05) is 12.1 Å². The second kappa shape index (κ2) is 8.78. The van der Waals surface area contributed by atoms with E-state index in [1.807, 2.05) is 31.3 Å². The van der Waals surface area contributed by atoms with Gasteiger partial charge in [-0.15, -0.1) is 12.4 Å². The Morgan fingerprint density at radius 1 is 1.33 bits per heavy atom. The molecule has 0 fully saturated rings. The standard InChI is InChI=1S/C13H20N2O2.ClH/c1-15(8-3-9-17-2)13(16)10-11-4-6-12(14)7-5-11;/h4-7H,3,8-10,14H2,1-2H3;1H. The number of nitrogens with two attached hydrogens (primary N) is 1. The van der Waals surface area contributed by atoms with Crippen LogP contribution < -0.4 is 5.73 Å². The minimum Gasteiger partial charge on any atom is -0.399 e. The van der Waals surface area contributed by atoms with E-state index in [4.69, 9.17) is 10.5 Å². The highest BCUT2D eigenvalue weighted by atomic mass is 35.5. The summed E-state index contributed by atoms with van der Waals surface area (Å²) in [5, 5.41) is 0. The minimum absolute atomic E-state index is 0. The molecule has 102 valence electrons. The number of carbonyl (C=O) groups excluding carboxylic acids is 1. The van der Waals surface area contributed by atoms with Crippen LogP contribution in [0.4, 0.5) is 5.69 Å². The highest BCUT2D eigenvalue weighted by molar-refractivity contribution is 5.85. The molecule has 0 aliphatic carbocycles. The van der Waals surface area contributed by atoms with E-state index < -0.39 is 0 Å². The lowest BCUT2D eigenvalue weighted by atomic mass is 10.1. The van der Waals surface area contributed by atoms with Crippen molar-refractivity contribution in [3.05, 3.63) is 29.8 Å². The van der Waals surface area contributed by atoms with Crippen molar-refractivity contribution >= 4 is 24.0 Å². The molecule has 4 nitrogen and oxygen atoms in total. The molecule has 2 N–H and O–H groups in total. The van der Waals surface area contributed by atoms with E-state index in [9.17, 15) is 4.79 Å². The minimum atomic E-state index is 0. The summed E-state index contributed by atoms with van der Waals surface area (Å²) >= 11 is 0. The Kier molecular flexibility index (Phi) is 8.16. The molecule has 0 spiro atoms. The molecule has 5 heteroatoms. The number of carbonyl (C=O) groups is 1. The smallest absolute Gasteiger partial charge is 0.226 e. The Bertz CT molecular complexity index is 355. The van der Waals surface area contributed by atoms with Crippen LogP contribution in [0.5, 0.6) is 0 Å². The molecular weight excluding hydrogens is 252 g/mol. The maximum Gasteiger partial charge on any atom is 0.226 e. The van der Waals surface area contributed by atoms with Gasteiger partial charge in [-0.2, -0.15) is 0 Å². The van der Waals surface area contributed by atoms with E-state index in [1.54, 1.807) is 12.0 Å². The van der Waals surface area contributed by atoms with Crippen LogP contribution in [0.1, 0.15) is 12.0 Å². The van der Waals surface area contributed by atoms with Crippen molar-refractivity contribution in [2.45, 2.75) is 12.8 Å². The van der Waals surface area contributed by atoms with Gasteiger partial charge in [-0.25, -0.2) is 0 Å². The van der Waals surface area contributed by atoms with Gasteiger partial charge in [-0.3, -0.25) is 4.79 Å². The van der Waals surface area contributed by atoms with Gasteiger partial charge in [0.1, 0.15) is 0 Å². The van der Waals surface area contributed by atoms with Crippen molar-refractivity contribution in [1.29, 1.82) is 0 Å². The molecule has 0 heterocycles. The van der Waals surface area contributed by atoms with E-state index in [0.29, 0.717) is 13.0 Å². The second-order valence-corrected chi connectivity index (χ2v) is 4.08. The zero-order valence-corrected chi connectivity index (χ0v) is 11.7. The molecule has 0 bridgehead atoms. The van der Waals surface area contributed by atoms with E-state index in [0.717, 1.165) is 24.2 Å². The van der Waals surface area contributed by atoms with Crippen LogP contribution in [0.3, 0.4) is 0 Å². The summed E-state index contributed by atoms with van der Waals surface area (Å²) in [4.78, 5) is 13.6. The summed E-state index contributed by atoms with van der Waals surface area (Å²) in [5.41, 5.74) is 7.30. The number of hydrogen-bond acceptors (Lipinski definition) is 3. The Labute approximate surface area is 115 Å². The normalized spacial score (nSPS) is 9.67. The predicted molar refractivity (Wildman–Crippen MR) is 75.9 cm³/mol. The number of halogens is 1. The molecule has 0 aromatic heterocycles. The number of rotatable bonds is 6. The average molecular weight is 273 g/mol. The number of methoxy groups -OCH3 is 1. The third-order valence-electron chi connectivity index (χ3n) is 2.60. The monoisotopic (exact) mass is 272 g/mol. The molecule has 0 saturated carbocycles. The molecule has 1 aromatic carbocycles. The molecule has 18 heavy (non-hydrogen) atoms. The number of hydrogen-bond donors (Lipinski definition) is 1. The Morgan fingerprint density at radius 2 is 1.94 bits per heavy atom. The fourth-order valence-corrected chi connectivity index (χ4v) is 1.52. The SMILES string of the molecule is COCCCN(C)C(=O)Cc1ccc(N)cc1.Cl. The molecule has 1 rings (SSSR count). The fraction of sp³-hybridized carbons (Fsp3) is 0.462. The first kappa shape index (κ1) is 16.7. The van der Waals surface area contributed by atoms with E-state index >= 15 is 0 Å². The lowest BCUT2D eigenvalue weighted by molar-refractivity contribution is -0.129. The molecule has 1 aromatic rings. The lowest BCUT2D eigenvalue weighted by Crippen LogP contribution is -2.29. The topological polar surface area (TPSA) is 55.6 Å². The Morgan fingerprint density at radius 3 is 2.50 bits per heavy atom. The maximum atomic E-state index is 11.8. The zero-order valence-electron chi connectivity index (χ0n) is 10.9. The third kappa shape index (κ3) is 5.89. The quantitative estimate of drug-likeness (QED) is 0.634. The van der Waals surface area contributed by atoms with Gasteiger partial charge in [-0.05, 0) is 24.1 Å². The highest BCUT2D eigenvalue weighted by Crippen LogP contribution is 2.07. The molecular formula is C13H21ClN2O2. The Hall–Kier alpha value is -1.26. The van der Waals surface area contributed by atoms with Crippen LogP contribution in [-0.4, -0.2) is 38.1 Å². The van der Waals surface area contributed by atoms with Crippen LogP contribution in [0.25, 0.3) is 0 Å². The first-order valence-corrected chi connectivity index (χ1v) is 5.71. The van der Waals surface area contributed by atoms with Crippen molar-refractivity contribution in [2.24, 2.45) is 0 Å². The summed E-state index contributed by atoms with van der Waals surface area (Å²) in [5.74, 6) is 0.117. The van der Waals surface area contributed by atoms with Crippen molar-refractivity contribution in [3.63, 3.8) is 0 Å². The molecule has 0 atom stereocenters. The summed E-state index contributed by atoms with van der Waals surface area (Å²) in [6, 6.07) is 7.40. The van der Waals surface area contributed by atoms with Crippen molar-refractivity contribution in [2.75, 3.05) is 33.0 Å². The predicted octanol–water partition coefficient (Wildman–Crippen LogP) is 1.73. The number of nitrogens with zero attached hydrogens (tertiary/aromatic N) is 1. The van der Waals surface area contributed by atoms with Crippen molar-refractivity contribution in [1.82, 2.24) is 4.90 Å². The number of benzene rings is 1. The van der Waals surface area contributed by atoms with Crippen molar-refractivity contribution < 1.29 is 9.53 Å². The summed E-state index contributed by atoms with van der Waals surface area (Å²) < 4.78 is 4.95. The van der Waals surface area contributed by atoms with Gasteiger partial charge in [0.2, 0.25) is 5.91 Å². The maximum absolute atomic E-state index is 11.8. The second-order valence-electron chi connectivity index (χ2n) is 4.08. The van der Waals surface area contributed by atoms with Gasteiger partial charge in [0.05, 0.1) is 6.42 Å². The third-order valence-corrected chi connectivity index (χ3v) is 2.60. The molecule has 0 aliphatic heterocycles. The van der Waals surface area contributed by atoms with E-state index in [2.05, 4.69) is 0 Å². The van der Waals surface area contributed by atoms with Crippen molar-refractivity contribution in [3.8, 4) is 0 Å². The number of amides is 1. The number of anilines is 1. The van der Waals surface area contributed by atoms with Gasteiger partial charge < -0.3 is 15.4 Å². The van der Waals surface area contributed by atoms with Crippen LogP contribution >= 0.6 is 12.4 Å². The van der Waals surface area contributed by atoms with E-state index in [1.165, 1.54) is 0 Å². The average Bonchev–Trinajstić information content (AvgIpc) is 2.32. The van der Waals surface area contributed by atoms with Crippen LogP contribution in [0.15, 0.2) is 24.3 Å². The zero-order chi connectivity index (χ0) is 12.7. The molecule has 1 amide bonds. The fourth-order valence-electron chi connectivity index (χ4n) is 1.52. The summed E-state index contributed by atoms with van der Waals surface area (Å²) in [7, 11) is 3.48. The van der Waals surface area contributed by atoms with E-state index in [-0.39, 0.29) is 18.3 Å². The first-order valence-electron chi connectivity index (χ1n) is 5.71. The molecule has 0 aliphatic rings. The molecule has 0 radical (unpaired) electrons. The van der Waals surface area contributed by atoms with Crippen LogP contribution in [0, 0.1) is 0 Å². The Balaban J connectivity index is 0.00000289. The number of likely N-dealkylation sites (N-methyl/N-ethyl adjacent to an activating group) is 1. The van der Waals surface area contributed by atoms with Gasteiger partial charge in [0.15, 0.2) is 0 Å². The van der Waals surface area contributed by atoms with Crippen LogP contribution in [-0.2, 0) is 16.0 Å². The van der Waals surface area contributed by atoms with Crippen LogP contribution in [0.2, 0.25) is 0 Å². The van der Waals surface area contributed by atoms with Gasteiger partial charge >= 0.3 is 0 Å². The number of ether oxygens (including phenoxy) is 1. The lowest BCUT2D eigenvalue weighted by Gasteiger charge is -2.16. The van der Waals surface area contributed by atoms with Gasteiger partial charge in [0.25, 0.3) is 0 Å². The molecule has 0 unspecified atom stereocenters.